The summed E-state index contributed by atoms with van der Waals surface area (Å²) < 4.78 is 34.4. The van der Waals surface area contributed by atoms with Crippen LogP contribution in [0.25, 0.3) is 0 Å². The lowest BCUT2D eigenvalue weighted by molar-refractivity contribution is -0.379. The van der Waals surface area contributed by atoms with Crippen LogP contribution in [0.15, 0.2) is 72.9 Å². The van der Waals surface area contributed by atoms with Gasteiger partial charge in [-0.25, -0.2) is 0 Å². The van der Waals surface area contributed by atoms with E-state index in [1.807, 2.05) is 6.08 Å². The van der Waals surface area contributed by atoms with Crippen molar-refractivity contribution in [1.82, 2.24) is 5.32 Å². The summed E-state index contributed by atoms with van der Waals surface area (Å²) in [5, 5.41) is 121. The number of ether oxygens (including phenoxy) is 6. The summed E-state index contributed by atoms with van der Waals surface area (Å²) >= 11 is 0. The van der Waals surface area contributed by atoms with Gasteiger partial charge in [-0.1, -0.05) is 292 Å². The molecule has 0 radical (unpaired) electrons. The molecule has 12 N–H and O–H groups in total. The van der Waals surface area contributed by atoms with Crippen LogP contribution in [0.4, 0.5) is 0 Å². The Morgan fingerprint density at radius 1 is 0.356 bits per heavy atom. The number of allylic oxidation sites excluding steroid dienone is 11. The minimum atomic E-state index is -1.99. The topological polar surface area (TPSA) is 307 Å². The van der Waals surface area contributed by atoms with E-state index in [1.165, 1.54) is 218 Å². The summed E-state index contributed by atoms with van der Waals surface area (Å²) in [4.78, 5) is 13.5. The maximum absolute atomic E-state index is 13.5. The molecule has 588 valence electrons. The molecule has 17 unspecified atom stereocenters. The van der Waals surface area contributed by atoms with Crippen LogP contribution < -0.4 is 5.32 Å². The largest absolute Gasteiger partial charge is 0.394 e. The van der Waals surface area contributed by atoms with Gasteiger partial charge in [-0.05, 0) is 83.5 Å². The predicted octanol–water partition coefficient (Wildman–Crippen LogP) is 13.6. The number of unbranched alkanes of at least 4 members (excludes halogenated alkanes) is 38. The number of hydrogen-bond acceptors (Lipinski definition) is 18. The smallest absolute Gasteiger partial charge is 0.220 e. The molecule has 3 heterocycles. The first kappa shape index (κ1) is 92.4. The lowest BCUT2D eigenvalue weighted by Crippen LogP contribution is -2.66. The summed E-state index contributed by atoms with van der Waals surface area (Å²) in [6, 6.07) is -1.00. The van der Waals surface area contributed by atoms with Crippen molar-refractivity contribution in [3.63, 3.8) is 0 Å². The molecule has 0 aromatic heterocycles. The molecule has 0 aromatic carbocycles. The molecule has 3 aliphatic heterocycles. The third kappa shape index (κ3) is 42.4. The van der Waals surface area contributed by atoms with Gasteiger partial charge < -0.3 is 89.9 Å². The fourth-order valence-electron chi connectivity index (χ4n) is 13.4. The molecule has 19 nitrogen and oxygen atoms in total. The molecule has 3 saturated heterocycles. The molecule has 0 bridgehead atoms. The molecule has 19 heteroatoms. The molecule has 1 amide bonds. The highest BCUT2D eigenvalue weighted by Gasteiger charge is 2.54. The number of amides is 1. The number of aliphatic hydroxyl groups is 11. The highest BCUT2D eigenvalue weighted by Crippen LogP contribution is 2.33. The molecule has 0 saturated carbocycles. The van der Waals surface area contributed by atoms with Crippen molar-refractivity contribution in [3.05, 3.63) is 72.9 Å². The quantitative estimate of drug-likeness (QED) is 0.0199. The zero-order chi connectivity index (χ0) is 73.2. The van der Waals surface area contributed by atoms with E-state index in [0.29, 0.717) is 12.8 Å². The SMILES string of the molecule is CCCCCCC/C=C\C/C=C\C/C=C\CCCCCCCCCCCCCCCCCCCCC(=O)NC(COC1OC(CO)C(OC2OC(CO)C(OC3OC(CO)C(O)C(O)C3O)C(O)C2O)C(O)C1O)C(O)/C=C/CC/C=C/CC/C=C/CCCCCCCCCCCCCCC. The Labute approximate surface area is 610 Å². The first-order chi connectivity index (χ1) is 49.3. The van der Waals surface area contributed by atoms with Gasteiger partial charge >= 0.3 is 0 Å². The van der Waals surface area contributed by atoms with E-state index < -0.39 is 124 Å². The number of carbonyl (C=O) groups excluding carboxylic acids is 1. The Kier molecular flexibility index (Phi) is 57.0. The summed E-state index contributed by atoms with van der Waals surface area (Å²) in [6.07, 6.45) is 54.6. The summed E-state index contributed by atoms with van der Waals surface area (Å²) in [5.41, 5.74) is 0. The van der Waals surface area contributed by atoms with E-state index in [-0.39, 0.29) is 18.9 Å². The van der Waals surface area contributed by atoms with Crippen LogP contribution >= 0.6 is 0 Å². The van der Waals surface area contributed by atoms with Gasteiger partial charge in [0.1, 0.15) is 73.2 Å². The second kappa shape index (κ2) is 62.3. The van der Waals surface area contributed by atoms with Crippen LogP contribution in [0, 0.1) is 0 Å². The summed E-state index contributed by atoms with van der Waals surface area (Å²) in [6.45, 7) is 1.73. The minimum Gasteiger partial charge on any atom is -0.394 e. The Morgan fingerprint density at radius 3 is 1.06 bits per heavy atom. The van der Waals surface area contributed by atoms with E-state index in [9.17, 15) is 61.0 Å². The maximum atomic E-state index is 13.5. The number of nitrogens with one attached hydrogen (secondary N) is 1. The van der Waals surface area contributed by atoms with Gasteiger partial charge in [-0.3, -0.25) is 4.79 Å². The molecule has 3 aliphatic rings. The third-order valence-electron chi connectivity index (χ3n) is 20.0. The Morgan fingerprint density at radius 2 is 0.663 bits per heavy atom. The summed E-state index contributed by atoms with van der Waals surface area (Å²) in [5.74, 6) is -0.287. The van der Waals surface area contributed by atoms with Crippen LogP contribution in [0.1, 0.15) is 309 Å². The van der Waals surface area contributed by atoms with Crippen LogP contribution in [-0.4, -0.2) is 193 Å². The highest BCUT2D eigenvalue weighted by molar-refractivity contribution is 5.76. The van der Waals surface area contributed by atoms with Crippen molar-refractivity contribution >= 4 is 5.91 Å². The maximum Gasteiger partial charge on any atom is 0.220 e. The Balaban J connectivity index is 1.37. The Bertz CT molecular complexity index is 2110. The number of hydrogen-bond donors (Lipinski definition) is 12. The van der Waals surface area contributed by atoms with Gasteiger partial charge in [0.2, 0.25) is 5.91 Å². The van der Waals surface area contributed by atoms with E-state index in [4.69, 9.17) is 28.4 Å². The number of carbonyl (C=O) groups is 1. The highest BCUT2D eigenvalue weighted by atomic mass is 16.8. The Hall–Kier alpha value is -2.77. The molecule has 0 spiro atoms. The fourth-order valence-corrected chi connectivity index (χ4v) is 13.4. The van der Waals surface area contributed by atoms with Gasteiger partial charge in [-0.2, -0.15) is 0 Å². The van der Waals surface area contributed by atoms with Gasteiger partial charge in [0.15, 0.2) is 18.9 Å². The molecule has 0 aromatic rings. The fraction of sp³-hybridized carbons (Fsp3) is 0.841. The second-order valence-corrected chi connectivity index (χ2v) is 28.9. The summed E-state index contributed by atoms with van der Waals surface area (Å²) in [7, 11) is 0. The van der Waals surface area contributed by atoms with Crippen molar-refractivity contribution in [2.45, 2.75) is 413 Å². The first-order valence-corrected chi connectivity index (χ1v) is 40.7. The molecule has 3 rings (SSSR count). The van der Waals surface area contributed by atoms with Crippen molar-refractivity contribution in [2.24, 2.45) is 0 Å². The molecular formula is C82H147NO18. The number of rotatable bonds is 64. The molecular weight excluding hydrogens is 1290 g/mol. The van der Waals surface area contributed by atoms with Gasteiger partial charge in [0.05, 0.1) is 38.6 Å². The van der Waals surface area contributed by atoms with Crippen molar-refractivity contribution in [2.75, 3.05) is 26.4 Å². The van der Waals surface area contributed by atoms with Crippen LogP contribution in [-0.2, 0) is 33.2 Å². The average Bonchev–Trinajstić information content (AvgIpc) is 0.783. The van der Waals surface area contributed by atoms with E-state index in [2.05, 4.69) is 79.9 Å². The molecule has 3 fully saturated rings. The van der Waals surface area contributed by atoms with Crippen LogP contribution in [0.2, 0.25) is 0 Å². The number of aliphatic hydroxyl groups excluding tert-OH is 11. The van der Waals surface area contributed by atoms with E-state index in [1.54, 1.807) is 6.08 Å². The predicted molar refractivity (Wildman–Crippen MR) is 401 cm³/mol. The zero-order valence-corrected chi connectivity index (χ0v) is 62.9. The molecule has 0 aliphatic carbocycles. The average molecular weight is 1440 g/mol. The first-order valence-electron chi connectivity index (χ1n) is 40.7. The van der Waals surface area contributed by atoms with Crippen molar-refractivity contribution < 1.29 is 89.4 Å². The zero-order valence-electron chi connectivity index (χ0n) is 62.9. The van der Waals surface area contributed by atoms with Gasteiger partial charge in [0.25, 0.3) is 0 Å². The third-order valence-corrected chi connectivity index (χ3v) is 20.0. The lowest BCUT2D eigenvalue weighted by atomic mass is 9.96. The van der Waals surface area contributed by atoms with Gasteiger partial charge in [-0.15, -0.1) is 0 Å². The molecule has 17 atom stereocenters. The minimum absolute atomic E-state index is 0.231. The normalized spacial score (nSPS) is 26.7. The van der Waals surface area contributed by atoms with Crippen molar-refractivity contribution in [3.8, 4) is 0 Å². The van der Waals surface area contributed by atoms with Crippen LogP contribution in [0.5, 0.6) is 0 Å². The van der Waals surface area contributed by atoms with E-state index in [0.717, 1.165) is 57.8 Å². The molecule has 101 heavy (non-hydrogen) atoms. The van der Waals surface area contributed by atoms with Crippen LogP contribution in [0.3, 0.4) is 0 Å². The van der Waals surface area contributed by atoms with E-state index >= 15 is 0 Å². The van der Waals surface area contributed by atoms with Gasteiger partial charge in [0, 0.05) is 6.42 Å². The lowest BCUT2D eigenvalue weighted by Gasteiger charge is -2.48. The van der Waals surface area contributed by atoms with Crippen molar-refractivity contribution in [1.29, 1.82) is 0 Å². The standard InChI is InChI=1S/C82H147NO18/c1-3-5-7-9-11-13-15-17-19-21-23-25-27-28-29-30-31-32-33-34-35-36-38-40-42-44-46-48-50-52-54-56-58-60-70(88)83-65(66(87)59-57-55-53-51-49-47-45-43-41-39-37-26-24-22-20-18-16-14-12-10-8-6-4-2)64-96-80-76(94)73(91)78(68(62-85)98-80)101-82-77(95)74(92)79(69(63-86)99-82)100-81-75(93)72(90)71(89)67(61-84)97-81/h15,17,21,23,27-28,41,43,49,51,57,59,65-69,71-82,84-87,89-95H,3-14,16,18-20,22,24-26,29-40,42,44-48,50,52-56,58,60-64H2,1-2H3,(H,83,88)/b17-15-,23-21-,28-27-,43-41+,51-49+,59-57+. The monoisotopic (exact) mass is 1430 g/mol. The second-order valence-electron chi connectivity index (χ2n) is 28.9.